The number of aliphatic hydroxyl groups is 1. The molecular weight excluding hydrogens is 419 g/mol. The van der Waals surface area contributed by atoms with E-state index in [2.05, 4.69) is 38.8 Å². The first-order valence-electron chi connectivity index (χ1n) is 6.58. The Morgan fingerprint density at radius 2 is 1.76 bits per heavy atom. The lowest BCUT2D eigenvalue weighted by molar-refractivity contribution is 0.220. The molecule has 0 saturated carbocycles. The Bertz CT molecular complexity index is 632. The van der Waals surface area contributed by atoms with Gasteiger partial charge in [0.05, 0.1) is 16.1 Å². The fourth-order valence-corrected chi connectivity index (χ4v) is 2.84. The first-order chi connectivity index (χ1) is 10.0. The van der Waals surface area contributed by atoms with Crippen molar-refractivity contribution in [2.24, 2.45) is 0 Å². The minimum atomic E-state index is -0.730. The lowest BCUT2D eigenvalue weighted by atomic mass is 10.0. The summed E-state index contributed by atoms with van der Waals surface area (Å²) in [6, 6.07) is 11.0. The van der Waals surface area contributed by atoms with Gasteiger partial charge in [-0.25, -0.2) is 0 Å². The van der Waals surface area contributed by atoms with Crippen molar-refractivity contribution in [2.45, 2.75) is 19.4 Å². The monoisotopic (exact) mass is 432 g/mol. The van der Waals surface area contributed by atoms with Gasteiger partial charge in [0, 0.05) is 4.47 Å². The highest BCUT2D eigenvalue weighted by Crippen LogP contribution is 2.33. The Morgan fingerprint density at radius 3 is 2.38 bits per heavy atom. The van der Waals surface area contributed by atoms with Gasteiger partial charge < -0.3 is 9.84 Å². The number of rotatable bonds is 5. The van der Waals surface area contributed by atoms with Crippen molar-refractivity contribution in [3.63, 3.8) is 0 Å². The van der Waals surface area contributed by atoms with E-state index < -0.39 is 6.10 Å². The molecule has 0 radical (unpaired) electrons. The average Bonchev–Trinajstić information content (AvgIpc) is 2.48. The molecule has 2 aromatic rings. The molecule has 0 saturated heterocycles. The summed E-state index contributed by atoms with van der Waals surface area (Å²) in [6.07, 6.45) is 0.223. The highest BCUT2D eigenvalue weighted by atomic mass is 79.9. The molecule has 0 heterocycles. The van der Waals surface area contributed by atoms with Crippen LogP contribution in [0.3, 0.4) is 0 Å². The van der Waals surface area contributed by atoms with Gasteiger partial charge in [0.1, 0.15) is 11.9 Å². The first kappa shape index (κ1) is 16.8. The van der Waals surface area contributed by atoms with E-state index in [9.17, 15) is 5.11 Å². The molecular formula is C16H15Br2ClO2. The summed E-state index contributed by atoms with van der Waals surface area (Å²) in [7, 11) is 0. The van der Waals surface area contributed by atoms with E-state index in [1.807, 2.05) is 30.3 Å². The molecule has 0 amide bonds. The average molecular weight is 435 g/mol. The predicted molar refractivity (Wildman–Crippen MR) is 93.1 cm³/mol. The third-order valence-corrected chi connectivity index (χ3v) is 4.84. The third kappa shape index (κ3) is 4.22. The maximum absolute atomic E-state index is 10.5. The molecule has 1 N–H and O–H groups in total. The number of aliphatic hydroxyl groups excluding tert-OH is 1. The van der Waals surface area contributed by atoms with E-state index in [1.165, 1.54) is 0 Å². The lowest BCUT2D eigenvalue weighted by Gasteiger charge is -2.14. The second-order valence-electron chi connectivity index (χ2n) is 4.61. The van der Waals surface area contributed by atoms with Gasteiger partial charge in [0.25, 0.3) is 0 Å². The molecule has 0 bridgehead atoms. The quantitative estimate of drug-likeness (QED) is 0.651. The zero-order valence-electron chi connectivity index (χ0n) is 11.4. The number of benzene rings is 2. The number of ether oxygens (including phenoxy) is 1. The van der Waals surface area contributed by atoms with Crippen LogP contribution in [-0.4, -0.2) is 11.7 Å². The summed E-state index contributed by atoms with van der Waals surface area (Å²) in [5.41, 5.74) is 1.53. The van der Waals surface area contributed by atoms with Crippen LogP contribution in [0.1, 0.15) is 30.6 Å². The minimum absolute atomic E-state index is 0.577. The van der Waals surface area contributed by atoms with Gasteiger partial charge in [-0.3, -0.25) is 0 Å². The van der Waals surface area contributed by atoms with E-state index in [-0.39, 0.29) is 0 Å². The summed E-state index contributed by atoms with van der Waals surface area (Å²) < 4.78 is 7.24. The van der Waals surface area contributed by atoms with Crippen LogP contribution in [0.25, 0.3) is 0 Å². The van der Waals surface area contributed by atoms with Gasteiger partial charge in [-0.15, -0.1) is 0 Å². The molecule has 0 aliphatic rings. The summed E-state index contributed by atoms with van der Waals surface area (Å²) in [5.74, 6) is 0.779. The van der Waals surface area contributed by atoms with Crippen LogP contribution >= 0.6 is 43.5 Å². The van der Waals surface area contributed by atoms with E-state index in [0.717, 1.165) is 32.2 Å². The molecule has 2 aromatic carbocycles. The largest absolute Gasteiger partial charge is 0.492 e. The Labute approximate surface area is 146 Å². The van der Waals surface area contributed by atoms with Gasteiger partial charge in [0.15, 0.2) is 0 Å². The maximum atomic E-state index is 10.5. The van der Waals surface area contributed by atoms with Crippen molar-refractivity contribution >= 4 is 43.5 Å². The zero-order chi connectivity index (χ0) is 15.4. The molecule has 2 nitrogen and oxygen atoms in total. The van der Waals surface area contributed by atoms with Crippen LogP contribution in [0, 0.1) is 0 Å². The molecule has 0 aromatic heterocycles. The third-order valence-electron chi connectivity index (χ3n) is 2.99. The molecule has 21 heavy (non-hydrogen) atoms. The summed E-state index contributed by atoms with van der Waals surface area (Å²) in [4.78, 5) is 0. The van der Waals surface area contributed by atoms with Gasteiger partial charge in [-0.1, -0.05) is 30.7 Å². The van der Waals surface area contributed by atoms with Crippen LogP contribution in [0.4, 0.5) is 0 Å². The second-order valence-corrected chi connectivity index (χ2v) is 6.73. The highest BCUT2D eigenvalue weighted by Gasteiger charge is 2.14. The molecule has 112 valence electrons. The Hall–Kier alpha value is -0.550. The first-order valence-corrected chi connectivity index (χ1v) is 8.54. The Balaban J connectivity index is 2.24. The van der Waals surface area contributed by atoms with Crippen LogP contribution in [0.5, 0.6) is 5.75 Å². The Kier molecular flexibility index (Phi) is 6.11. The molecule has 0 spiro atoms. The smallest absolute Gasteiger partial charge is 0.133 e. The molecule has 1 unspecified atom stereocenters. The molecule has 0 aliphatic heterocycles. The highest BCUT2D eigenvalue weighted by molar-refractivity contribution is 9.10. The fourth-order valence-electron chi connectivity index (χ4n) is 1.89. The molecule has 2 rings (SSSR count). The van der Waals surface area contributed by atoms with Gasteiger partial charge in [0.2, 0.25) is 0 Å². The minimum Gasteiger partial charge on any atom is -0.492 e. The maximum Gasteiger partial charge on any atom is 0.133 e. The molecule has 0 fully saturated rings. The predicted octanol–water partition coefficient (Wildman–Crippen LogP) is 5.74. The van der Waals surface area contributed by atoms with Gasteiger partial charge >= 0.3 is 0 Å². The number of halogens is 3. The van der Waals surface area contributed by atoms with Crippen LogP contribution in [0.15, 0.2) is 45.3 Å². The standard InChI is InChI=1S/C16H15Br2ClO2/c1-2-7-21-15-6-4-10(8-13(15)18)16(20)11-3-5-12(17)14(19)9-11/h3-6,8-9,16,20H,2,7H2,1H3. The van der Waals surface area contributed by atoms with Crippen LogP contribution in [0.2, 0.25) is 5.02 Å². The van der Waals surface area contributed by atoms with Crippen LogP contribution < -0.4 is 4.74 Å². The molecule has 1 atom stereocenters. The summed E-state index contributed by atoms with van der Waals surface area (Å²) in [6.45, 7) is 2.73. The van der Waals surface area contributed by atoms with E-state index >= 15 is 0 Å². The topological polar surface area (TPSA) is 29.5 Å². The lowest BCUT2D eigenvalue weighted by Crippen LogP contribution is -2.01. The van der Waals surface area contributed by atoms with E-state index in [1.54, 1.807) is 6.07 Å². The van der Waals surface area contributed by atoms with Gasteiger partial charge in [-0.05, 0) is 73.7 Å². The fraction of sp³-hybridized carbons (Fsp3) is 0.250. The van der Waals surface area contributed by atoms with Crippen LogP contribution in [-0.2, 0) is 0 Å². The molecule has 0 aliphatic carbocycles. The number of hydrogen-bond donors (Lipinski definition) is 1. The molecule has 5 heteroatoms. The zero-order valence-corrected chi connectivity index (χ0v) is 15.4. The summed E-state index contributed by atoms with van der Waals surface area (Å²) in [5, 5.41) is 11.0. The summed E-state index contributed by atoms with van der Waals surface area (Å²) >= 11 is 12.9. The van der Waals surface area contributed by atoms with Crippen molar-refractivity contribution in [1.29, 1.82) is 0 Å². The van der Waals surface area contributed by atoms with Crippen molar-refractivity contribution in [1.82, 2.24) is 0 Å². The van der Waals surface area contributed by atoms with Gasteiger partial charge in [-0.2, -0.15) is 0 Å². The second kappa shape index (κ2) is 7.63. The van der Waals surface area contributed by atoms with Crippen molar-refractivity contribution in [3.05, 3.63) is 61.5 Å². The normalized spacial score (nSPS) is 12.2. The van der Waals surface area contributed by atoms with Crippen molar-refractivity contribution < 1.29 is 9.84 Å². The Morgan fingerprint density at radius 1 is 1.10 bits per heavy atom. The van der Waals surface area contributed by atoms with Crippen molar-refractivity contribution in [3.8, 4) is 5.75 Å². The number of hydrogen-bond acceptors (Lipinski definition) is 2. The van der Waals surface area contributed by atoms with E-state index in [0.29, 0.717) is 11.6 Å². The van der Waals surface area contributed by atoms with Crippen molar-refractivity contribution in [2.75, 3.05) is 6.61 Å². The van der Waals surface area contributed by atoms with E-state index in [4.69, 9.17) is 16.3 Å². The SMILES string of the molecule is CCCOc1ccc(C(O)c2ccc(Br)c(Cl)c2)cc1Br.